The molecule has 0 spiro atoms. The highest BCUT2D eigenvalue weighted by Gasteiger charge is 2.40. The van der Waals surface area contributed by atoms with Crippen molar-refractivity contribution in [2.45, 2.75) is 51.3 Å². The molecule has 5 heteroatoms. The molecule has 1 aromatic carbocycles. The molecule has 1 heterocycles. The van der Waals surface area contributed by atoms with Crippen molar-refractivity contribution in [2.24, 2.45) is 0 Å². The zero-order valence-electron chi connectivity index (χ0n) is 15.9. The Balaban J connectivity index is 1.52. The van der Waals surface area contributed by atoms with Gasteiger partial charge in [-0.3, -0.25) is 4.90 Å². The number of amides is 1. The Morgan fingerprint density at radius 1 is 1.24 bits per heavy atom. The third kappa shape index (κ3) is 5.44. The minimum Gasteiger partial charge on any atom is -0.444 e. The maximum Gasteiger partial charge on any atom is 0.407 e. The van der Waals surface area contributed by atoms with Gasteiger partial charge in [-0.2, -0.15) is 0 Å². The fourth-order valence-corrected chi connectivity index (χ4v) is 3.37. The number of hydrogen-bond donors (Lipinski definition) is 1. The Kier molecular flexibility index (Phi) is 5.35. The SMILES string of the molecule is CN1CCN(Cc2cccc(C3CC3NC(=O)OC(C)(C)C)c2)CC1. The van der Waals surface area contributed by atoms with Crippen LogP contribution in [0.15, 0.2) is 24.3 Å². The summed E-state index contributed by atoms with van der Waals surface area (Å²) in [5, 5.41) is 2.99. The predicted octanol–water partition coefficient (Wildman–Crippen LogP) is 2.81. The Labute approximate surface area is 151 Å². The number of nitrogens with zero attached hydrogens (tertiary/aromatic N) is 2. The van der Waals surface area contributed by atoms with E-state index < -0.39 is 5.60 Å². The number of ether oxygens (including phenoxy) is 1. The fourth-order valence-electron chi connectivity index (χ4n) is 3.37. The Morgan fingerprint density at radius 2 is 1.96 bits per heavy atom. The van der Waals surface area contributed by atoms with Crippen LogP contribution in [0.5, 0.6) is 0 Å². The van der Waals surface area contributed by atoms with Crippen LogP contribution in [0.1, 0.15) is 44.2 Å². The predicted molar refractivity (Wildman–Crippen MR) is 99.7 cm³/mol. The smallest absolute Gasteiger partial charge is 0.407 e. The second-order valence-corrected chi connectivity index (χ2v) is 8.42. The summed E-state index contributed by atoms with van der Waals surface area (Å²) in [4.78, 5) is 16.8. The number of benzene rings is 1. The van der Waals surface area contributed by atoms with E-state index in [0.29, 0.717) is 5.92 Å². The first-order chi connectivity index (χ1) is 11.8. The van der Waals surface area contributed by atoms with E-state index in [9.17, 15) is 4.79 Å². The molecule has 1 aliphatic carbocycles. The lowest BCUT2D eigenvalue weighted by molar-refractivity contribution is 0.0523. The van der Waals surface area contributed by atoms with Crippen molar-refractivity contribution in [3.63, 3.8) is 0 Å². The summed E-state index contributed by atoms with van der Waals surface area (Å²) in [5.74, 6) is 0.417. The van der Waals surface area contributed by atoms with E-state index in [1.54, 1.807) is 0 Å². The monoisotopic (exact) mass is 345 g/mol. The summed E-state index contributed by atoms with van der Waals surface area (Å²) < 4.78 is 5.34. The van der Waals surface area contributed by atoms with Gasteiger partial charge in [-0.05, 0) is 45.4 Å². The van der Waals surface area contributed by atoms with Crippen LogP contribution in [0.25, 0.3) is 0 Å². The highest BCUT2D eigenvalue weighted by Crippen LogP contribution is 2.41. The summed E-state index contributed by atoms with van der Waals surface area (Å²) in [6, 6.07) is 9.03. The molecule has 0 bridgehead atoms. The van der Waals surface area contributed by atoms with Crippen LogP contribution in [0.3, 0.4) is 0 Å². The number of carbonyl (C=O) groups is 1. The average molecular weight is 345 g/mol. The first-order valence-corrected chi connectivity index (χ1v) is 9.29. The van der Waals surface area contributed by atoms with Gasteiger partial charge >= 0.3 is 6.09 Å². The number of carbonyl (C=O) groups excluding carboxylic acids is 1. The molecule has 0 aromatic heterocycles. The molecule has 138 valence electrons. The molecular weight excluding hydrogens is 314 g/mol. The average Bonchev–Trinajstić information content (AvgIpc) is 3.27. The lowest BCUT2D eigenvalue weighted by Gasteiger charge is -2.32. The van der Waals surface area contributed by atoms with E-state index in [1.165, 1.54) is 11.1 Å². The first-order valence-electron chi connectivity index (χ1n) is 9.29. The molecule has 5 nitrogen and oxygen atoms in total. The van der Waals surface area contributed by atoms with Gasteiger partial charge in [0.25, 0.3) is 0 Å². The zero-order chi connectivity index (χ0) is 18.0. The number of piperazine rings is 1. The molecule has 0 radical (unpaired) electrons. The van der Waals surface area contributed by atoms with E-state index in [4.69, 9.17) is 4.74 Å². The van der Waals surface area contributed by atoms with Crippen LogP contribution in [-0.4, -0.2) is 60.8 Å². The molecule has 2 unspecified atom stereocenters. The Hall–Kier alpha value is -1.59. The van der Waals surface area contributed by atoms with E-state index in [-0.39, 0.29) is 12.1 Å². The molecule has 3 rings (SSSR count). The molecule has 1 aromatic rings. The normalized spacial score (nSPS) is 24.8. The molecule has 1 amide bonds. The second kappa shape index (κ2) is 7.34. The minimum atomic E-state index is -0.448. The third-order valence-corrected chi connectivity index (χ3v) is 4.87. The Morgan fingerprint density at radius 3 is 2.64 bits per heavy atom. The van der Waals surface area contributed by atoms with Gasteiger partial charge < -0.3 is 15.0 Å². The van der Waals surface area contributed by atoms with Crippen LogP contribution in [-0.2, 0) is 11.3 Å². The van der Waals surface area contributed by atoms with Crippen molar-refractivity contribution in [1.82, 2.24) is 15.1 Å². The van der Waals surface area contributed by atoms with E-state index >= 15 is 0 Å². The number of hydrogen-bond acceptors (Lipinski definition) is 4. The van der Waals surface area contributed by atoms with Crippen LogP contribution in [0.4, 0.5) is 4.79 Å². The maximum atomic E-state index is 11.9. The third-order valence-electron chi connectivity index (χ3n) is 4.87. The van der Waals surface area contributed by atoms with E-state index in [1.807, 2.05) is 20.8 Å². The molecule has 2 fully saturated rings. The van der Waals surface area contributed by atoms with Gasteiger partial charge in [-0.25, -0.2) is 4.79 Å². The number of nitrogens with one attached hydrogen (secondary N) is 1. The van der Waals surface area contributed by atoms with Crippen molar-refractivity contribution in [3.05, 3.63) is 35.4 Å². The van der Waals surface area contributed by atoms with Crippen molar-refractivity contribution < 1.29 is 9.53 Å². The number of likely N-dealkylation sites (N-methyl/N-ethyl adjacent to an activating group) is 1. The first kappa shape index (κ1) is 18.2. The number of rotatable bonds is 4. The second-order valence-electron chi connectivity index (χ2n) is 8.42. The maximum absolute atomic E-state index is 11.9. The van der Waals surface area contributed by atoms with E-state index in [0.717, 1.165) is 39.1 Å². The Bertz CT molecular complexity index is 603. The number of alkyl carbamates (subject to hydrolysis) is 1. The molecule has 1 N–H and O–H groups in total. The van der Waals surface area contributed by atoms with E-state index in [2.05, 4.69) is 46.4 Å². The van der Waals surface area contributed by atoms with Crippen molar-refractivity contribution >= 4 is 6.09 Å². The van der Waals surface area contributed by atoms with Crippen LogP contribution in [0.2, 0.25) is 0 Å². The molecule has 2 aliphatic rings. The summed E-state index contributed by atoms with van der Waals surface area (Å²) in [6.07, 6.45) is 0.686. The molecule has 1 saturated carbocycles. The summed E-state index contributed by atoms with van der Waals surface area (Å²) >= 11 is 0. The quantitative estimate of drug-likeness (QED) is 0.911. The van der Waals surface area contributed by atoms with Gasteiger partial charge in [0.1, 0.15) is 5.60 Å². The van der Waals surface area contributed by atoms with Gasteiger partial charge in [0.2, 0.25) is 0 Å². The highest BCUT2D eigenvalue weighted by atomic mass is 16.6. The largest absolute Gasteiger partial charge is 0.444 e. The van der Waals surface area contributed by atoms with Crippen LogP contribution < -0.4 is 5.32 Å². The molecule has 2 atom stereocenters. The van der Waals surface area contributed by atoms with Gasteiger partial charge in [0, 0.05) is 44.7 Å². The molecular formula is C20H31N3O2. The van der Waals surface area contributed by atoms with Crippen LogP contribution in [0, 0.1) is 0 Å². The summed E-state index contributed by atoms with van der Waals surface area (Å²) in [5.41, 5.74) is 2.24. The fraction of sp³-hybridized carbons (Fsp3) is 0.650. The standard InChI is InChI=1S/C20H31N3O2/c1-20(2,3)25-19(24)21-18-13-17(18)16-7-5-6-15(12-16)14-23-10-8-22(4)9-11-23/h5-7,12,17-18H,8-11,13-14H2,1-4H3,(H,21,24). The van der Waals surface area contributed by atoms with Gasteiger partial charge in [-0.15, -0.1) is 0 Å². The van der Waals surface area contributed by atoms with Crippen molar-refractivity contribution in [2.75, 3.05) is 33.2 Å². The van der Waals surface area contributed by atoms with Gasteiger partial charge in [0.05, 0.1) is 0 Å². The lowest BCUT2D eigenvalue weighted by atomic mass is 10.1. The zero-order valence-corrected chi connectivity index (χ0v) is 15.9. The topological polar surface area (TPSA) is 44.8 Å². The molecule has 1 saturated heterocycles. The van der Waals surface area contributed by atoms with Gasteiger partial charge in [0.15, 0.2) is 0 Å². The lowest BCUT2D eigenvalue weighted by Crippen LogP contribution is -2.43. The van der Waals surface area contributed by atoms with Crippen LogP contribution >= 0.6 is 0 Å². The van der Waals surface area contributed by atoms with Crippen molar-refractivity contribution in [3.8, 4) is 0 Å². The molecule has 1 aliphatic heterocycles. The summed E-state index contributed by atoms with van der Waals surface area (Å²) in [7, 11) is 2.18. The molecule has 25 heavy (non-hydrogen) atoms. The minimum absolute atomic E-state index is 0.203. The summed E-state index contributed by atoms with van der Waals surface area (Å²) in [6.45, 7) is 11.2. The highest BCUT2D eigenvalue weighted by molar-refractivity contribution is 5.69. The van der Waals surface area contributed by atoms with Crippen molar-refractivity contribution in [1.29, 1.82) is 0 Å². The van der Waals surface area contributed by atoms with Gasteiger partial charge in [-0.1, -0.05) is 24.3 Å².